The number of allylic oxidation sites excluding steroid dienone is 2. The minimum absolute atomic E-state index is 0.228. The third-order valence-electron chi connectivity index (χ3n) is 7.36. The zero-order valence-corrected chi connectivity index (χ0v) is 12.7. The smallest absolute Gasteiger partial charge is 0.0710 e. The summed E-state index contributed by atoms with van der Waals surface area (Å²) in [5.74, 6) is 3.55. The summed E-state index contributed by atoms with van der Waals surface area (Å²) in [6, 6.07) is 0. The van der Waals surface area contributed by atoms with Gasteiger partial charge in [-0.15, -0.1) is 0 Å². The zero-order valence-electron chi connectivity index (χ0n) is 12.7. The predicted molar refractivity (Wildman–Crippen MR) is 77.9 cm³/mol. The van der Waals surface area contributed by atoms with Crippen molar-refractivity contribution >= 4 is 0 Å². The molecular weight excluding hydrogens is 232 g/mol. The second-order valence-corrected chi connectivity index (χ2v) is 8.08. The van der Waals surface area contributed by atoms with Crippen LogP contribution in [-0.4, -0.2) is 12.2 Å². The van der Waals surface area contributed by atoms with Gasteiger partial charge in [0.25, 0.3) is 0 Å². The average molecular weight is 260 g/mol. The highest BCUT2D eigenvalue weighted by atomic mass is 16.5. The normalized spacial score (nSPS) is 55.6. The van der Waals surface area contributed by atoms with Crippen molar-refractivity contribution in [3.8, 4) is 0 Å². The highest BCUT2D eigenvalue weighted by Gasteiger charge is 2.60. The highest BCUT2D eigenvalue weighted by Crippen LogP contribution is 2.64. The van der Waals surface area contributed by atoms with Crippen LogP contribution in [0.1, 0.15) is 59.3 Å². The molecule has 19 heavy (non-hydrogen) atoms. The number of rotatable bonds is 1. The Morgan fingerprint density at radius 1 is 1.21 bits per heavy atom. The molecule has 4 aliphatic rings. The first kappa shape index (κ1) is 12.4. The molecule has 6 unspecified atom stereocenters. The van der Waals surface area contributed by atoms with Gasteiger partial charge in [-0.25, -0.2) is 0 Å². The van der Waals surface area contributed by atoms with Crippen molar-refractivity contribution in [2.75, 3.05) is 6.61 Å². The van der Waals surface area contributed by atoms with E-state index in [0.717, 1.165) is 30.3 Å². The predicted octanol–water partition coefficient (Wildman–Crippen LogP) is 4.57. The fourth-order valence-corrected chi connectivity index (χ4v) is 5.70. The fraction of sp³-hybridized carbons (Fsp3) is 0.889. The van der Waals surface area contributed by atoms with Crippen LogP contribution < -0.4 is 0 Å². The van der Waals surface area contributed by atoms with Gasteiger partial charge in [-0.1, -0.05) is 31.9 Å². The van der Waals surface area contributed by atoms with Crippen molar-refractivity contribution in [1.82, 2.24) is 0 Å². The minimum atomic E-state index is 0.228. The monoisotopic (exact) mass is 260 g/mol. The lowest BCUT2D eigenvalue weighted by atomic mass is 9.56. The van der Waals surface area contributed by atoms with Crippen molar-refractivity contribution < 1.29 is 4.74 Å². The molecule has 0 N–H and O–H groups in total. The summed E-state index contributed by atoms with van der Waals surface area (Å²) in [6.07, 6.45) is 11.1. The van der Waals surface area contributed by atoms with E-state index >= 15 is 0 Å². The Morgan fingerprint density at radius 2 is 2.05 bits per heavy atom. The Hall–Kier alpha value is -0.300. The molecule has 6 atom stereocenters. The molecule has 0 aromatic carbocycles. The highest BCUT2D eigenvalue weighted by molar-refractivity contribution is 5.30. The lowest BCUT2D eigenvalue weighted by Crippen LogP contribution is -2.59. The van der Waals surface area contributed by atoms with E-state index in [0.29, 0.717) is 5.41 Å². The maximum atomic E-state index is 5.93. The summed E-state index contributed by atoms with van der Waals surface area (Å²) in [7, 11) is 0. The van der Waals surface area contributed by atoms with Gasteiger partial charge in [-0.3, -0.25) is 0 Å². The second-order valence-electron chi connectivity index (χ2n) is 8.08. The molecular formula is C18H28O. The second kappa shape index (κ2) is 3.87. The molecule has 0 radical (unpaired) electrons. The maximum Gasteiger partial charge on any atom is 0.0710 e. The van der Waals surface area contributed by atoms with E-state index in [1.54, 1.807) is 0 Å². The quantitative estimate of drug-likeness (QED) is 0.627. The molecule has 0 amide bonds. The molecule has 1 saturated heterocycles. The molecule has 0 bridgehead atoms. The van der Waals surface area contributed by atoms with Gasteiger partial charge in [0.1, 0.15) is 0 Å². The van der Waals surface area contributed by atoms with E-state index in [4.69, 9.17) is 4.74 Å². The largest absolute Gasteiger partial charge is 0.374 e. The summed E-state index contributed by atoms with van der Waals surface area (Å²) in [4.78, 5) is 0. The first-order valence-electron chi connectivity index (χ1n) is 8.42. The molecule has 106 valence electrons. The summed E-state index contributed by atoms with van der Waals surface area (Å²) in [5, 5.41) is 0. The lowest BCUT2D eigenvalue weighted by molar-refractivity contribution is -0.237. The maximum absolute atomic E-state index is 5.93. The molecule has 1 heteroatoms. The van der Waals surface area contributed by atoms with Gasteiger partial charge < -0.3 is 4.74 Å². The Bertz CT molecular complexity index is 425. The third kappa shape index (κ3) is 1.51. The summed E-state index contributed by atoms with van der Waals surface area (Å²) >= 11 is 0. The van der Waals surface area contributed by atoms with Crippen LogP contribution in [0.2, 0.25) is 0 Å². The van der Waals surface area contributed by atoms with E-state index < -0.39 is 0 Å². The minimum Gasteiger partial charge on any atom is -0.374 e. The Morgan fingerprint density at radius 3 is 2.74 bits per heavy atom. The molecule has 4 rings (SSSR count). The van der Waals surface area contributed by atoms with E-state index in [1.807, 2.05) is 5.57 Å². The molecule has 1 nitrogen and oxygen atoms in total. The van der Waals surface area contributed by atoms with Crippen LogP contribution in [0.5, 0.6) is 0 Å². The van der Waals surface area contributed by atoms with Crippen LogP contribution in [0.25, 0.3) is 0 Å². The van der Waals surface area contributed by atoms with Crippen LogP contribution >= 0.6 is 0 Å². The van der Waals surface area contributed by atoms with Crippen LogP contribution in [-0.2, 0) is 4.74 Å². The van der Waals surface area contributed by atoms with Gasteiger partial charge in [-0.2, -0.15) is 0 Å². The molecule has 0 spiro atoms. The molecule has 1 aliphatic heterocycles. The van der Waals surface area contributed by atoms with Crippen LogP contribution in [0.4, 0.5) is 0 Å². The van der Waals surface area contributed by atoms with Gasteiger partial charge in [0.2, 0.25) is 0 Å². The van der Waals surface area contributed by atoms with E-state index in [2.05, 4.69) is 26.8 Å². The number of ether oxygens (including phenoxy) is 1. The first-order valence-corrected chi connectivity index (χ1v) is 8.42. The van der Waals surface area contributed by atoms with E-state index in [9.17, 15) is 0 Å². The lowest BCUT2D eigenvalue weighted by Gasteiger charge is -2.57. The number of hydrogen-bond acceptors (Lipinski definition) is 1. The fourth-order valence-electron chi connectivity index (χ4n) is 5.70. The Balaban J connectivity index is 1.65. The molecule has 3 fully saturated rings. The summed E-state index contributed by atoms with van der Waals surface area (Å²) in [5.41, 5.74) is 2.61. The molecule has 2 saturated carbocycles. The van der Waals surface area contributed by atoms with Gasteiger partial charge in [-0.05, 0) is 62.2 Å². The van der Waals surface area contributed by atoms with Gasteiger partial charge in [0.05, 0.1) is 12.2 Å². The Labute approximate surface area is 117 Å². The summed E-state index contributed by atoms with van der Waals surface area (Å²) < 4.78 is 5.93. The number of fused-ring (bicyclic) bond motifs is 5. The molecule has 1 heterocycles. The third-order valence-corrected chi connectivity index (χ3v) is 7.36. The average Bonchev–Trinajstić information content (AvgIpc) is 2.65. The van der Waals surface area contributed by atoms with Crippen LogP contribution in [0.3, 0.4) is 0 Å². The summed E-state index contributed by atoms with van der Waals surface area (Å²) in [6.45, 7) is 8.33. The van der Waals surface area contributed by atoms with Gasteiger partial charge in [0, 0.05) is 5.92 Å². The standard InChI is InChI=1S/C18H28O/c1-4-12-5-7-17(2)13(9-12)10-14-15(17)6-8-18(3)16(14)11-19-18/h10,12,14-16H,4-9,11H2,1-3H3. The topological polar surface area (TPSA) is 9.23 Å². The zero-order chi connectivity index (χ0) is 13.3. The van der Waals surface area contributed by atoms with Crippen LogP contribution in [0.15, 0.2) is 11.6 Å². The SMILES string of the molecule is CCC1CCC2(C)C(=CC3C4COC4(C)CCC32)C1. The van der Waals surface area contributed by atoms with Crippen molar-refractivity contribution in [2.45, 2.75) is 64.9 Å². The molecule has 0 aromatic heterocycles. The Kier molecular flexibility index (Phi) is 2.54. The molecule has 3 aliphatic carbocycles. The van der Waals surface area contributed by atoms with E-state index in [-0.39, 0.29) is 5.60 Å². The molecule has 0 aromatic rings. The van der Waals surface area contributed by atoms with E-state index in [1.165, 1.54) is 38.5 Å². The number of hydrogen-bond donors (Lipinski definition) is 0. The van der Waals surface area contributed by atoms with Crippen molar-refractivity contribution in [2.24, 2.45) is 29.1 Å². The first-order chi connectivity index (χ1) is 9.07. The van der Waals surface area contributed by atoms with Gasteiger partial charge >= 0.3 is 0 Å². The van der Waals surface area contributed by atoms with Crippen molar-refractivity contribution in [3.05, 3.63) is 11.6 Å². The van der Waals surface area contributed by atoms with Crippen molar-refractivity contribution in [3.63, 3.8) is 0 Å². The van der Waals surface area contributed by atoms with Gasteiger partial charge in [0.15, 0.2) is 0 Å². The van der Waals surface area contributed by atoms with Crippen LogP contribution in [0, 0.1) is 29.1 Å². The van der Waals surface area contributed by atoms with Crippen molar-refractivity contribution in [1.29, 1.82) is 0 Å².